The van der Waals surface area contributed by atoms with Crippen molar-refractivity contribution < 1.29 is 9.53 Å². The van der Waals surface area contributed by atoms with Crippen molar-refractivity contribution in [3.05, 3.63) is 81.1 Å². The molecule has 2 aromatic carbocycles. The molecule has 1 aliphatic heterocycles. The summed E-state index contributed by atoms with van der Waals surface area (Å²) in [6.07, 6.45) is 0.195. The van der Waals surface area contributed by atoms with Crippen LogP contribution in [-0.4, -0.2) is 23.0 Å². The van der Waals surface area contributed by atoms with Crippen molar-refractivity contribution in [3.63, 3.8) is 0 Å². The van der Waals surface area contributed by atoms with E-state index in [0.29, 0.717) is 28.0 Å². The third-order valence-corrected chi connectivity index (χ3v) is 5.87. The lowest BCUT2D eigenvalue weighted by Gasteiger charge is -2.24. The van der Waals surface area contributed by atoms with Gasteiger partial charge in [-0.3, -0.25) is 9.59 Å². The first kappa shape index (κ1) is 19.3. The molecule has 29 heavy (non-hydrogen) atoms. The van der Waals surface area contributed by atoms with Crippen LogP contribution in [0.25, 0.3) is 0 Å². The van der Waals surface area contributed by atoms with E-state index in [1.54, 1.807) is 7.11 Å². The molecule has 1 aliphatic rings. The number of hydrogen-bond donors (Lipinski definition) is 2. The summed E-state index contributed by atoms with van der Waals surface area (Å²) in [6, 6.07) is 15.7. The molecule has 6 nitrogen and oxygen atoms in total. The quantitative estimate of drug-likeness (QED) is 0.496. The van der Waals surface area contributed by atoms with E-state index in [1.165, 1.54) is 17.3 Å². The molecule has 4 rings (SSSR count). The lowest BCUT2D eigenvalue weighted by molar-refractivity contribution is -0.116. The van der Waals surface area contributed by atoms with Crippen LogP contribution in [0.3, 0.4) is 0 Å². The van der Waals surface area contributed by atoms with Crippen LogP contribution in [0.4, 0.5) is 5.82 Å². The molecule has 0 saturated carbocycles. The van der Waals surface area contributed by atoms with Gasteiger partial charge in [-0.25, -0.2) is 4.98 Å². The van der Waals surface area contributed by atoms with Crippen molar-refractivity contribution >= 4 is 23.5 Å². The topological polar surface area (TPSA) is 84.1 Å². The third kappa shape index (κ3) is 4.19. The normalized spacial score (nSPS) is 15.5. The highest BCUT2D eigenvalue weighted by Gasteiger charge is 2.31. The van der Waals surface area contributed by atoms with Gasteiger partial charge < -0.3 is 15.0 Å². The first-order valence-electron chi connectivity index (χ1n) is 9.30. The summed E-state index contributed by atoms with van der Waals surface area (Å²) in [5.74, 6) is 1.18. The van der Waals surface area contributed by atoms with E-state index >= 15 is 0 Å². The molecule has 0 spiro atoms. The number of hydrogen-bond acceptors (Lipinski definition) is 5. The monoisotopic (exact) mass is 407 g/mol. The van der Waals surface area contributed by atoms with Crippen LogP contribution in [0.1, 0.15) is 34.6 Å². The minimum atomic E-state index is -0.360. The molecule has 1 unspecified atom stereocenters. The number of nitrogens with one attached hydrogen (secondary N) is 2. The van der Waals surface area contributed by atoms with Gasteiger partial charge in [-0.1, -0.05) is 53.7 Å². The number of nitrogens with zero attached hydrogens (tertiary/aromatic N) is 1. The second-order valence-corrected chi connectivity index (χ2v) is 7.95. The second-order valence-electron chi connectivity index (χ2n) is 6.99. The Labute approximate surface area is 172 Å². The maximum absolute atomic E-state index is 12.9. The Morgan fingerprint density at radius 3 is 2.72 bits per heavy atom. The number of amides is 1. The molecule has 0 saturated heterocycles. The molecule has 0 aliphatic carbocycles. The number of carbonyl (C=O) groups is 1. The standard InChI is InChI=1S/C22H21N3O3S/c1-13-6-8-14(9-7-13)12-29-22-24-20-19(21(27)25-22)17(11-18(26)23-20)15-4-3-5-16(10-15)28-2/h3-10,17H,11-12H2,1-2H3,(H2,23,24,25,26,27). The lowest BCUT2D eigenvalue weighted by Crippen LogP contribution is -2.31. The molecule has 2 heterocycles. The summed E-state index contributed by atoms with van der Waals surface area (Å²) in [5, 5.41) is 3.25. The Kier molecular flexibility index (Phi) is 5.40. The van der Waals surface area contributed by atoms with Crippen LogP contribution in [0.2, 0.25) is 0 Å². The van der Waals surface area contributed by atoms with E-state index < -0.39 is 0 Å². The van der Waals surface area contributed by atoms with Crippen LogP contribution < -0.4 is 15.6 Å². The molecule has 0 radical (unpaired) electrons. The zero-order valence-corrected chi connectivity index (χ0v) is 17.0. The van der Waals surface area contributed by atoms with Gasteiger partial charge in [-0.15, -0.1) is 0 Å². The average Bonchev–Trinajstić information content (AvgIpc) is 2.72. The van der Waals surface area contributed by atoms with E-state index in [2.05, 4.69) is 39.6 Å². The van der Waals surface area contributed by atoms with E-state index in [-0.39, 0.29) is 23.8 Å². The lowest BCUT2D eigenvalue weighted by atomic mass is 9.87. The fraction of sp³-hybridized carbons (Fsp3) is 0.227. The SMILES string of the molecule is COc1cccc(C2CC(=O)Nc3nc(SCc4ccc(C)cc4)[nH]c(=O)c32)c1. The largest absolute Gasteiger partial charge is 0.497 e. The van der Waals surface area contributed by atoms with Crippen molar-refractivity contribution in [2.24, 2.45) is 0 Å². The molecule has 148 valence electrons. The first-order valence-corrected chi connectivity index (χ1v) is 10.3. The molecule has 3 aromatic rings. The Hall–Kier alpha value is -3.06. The van der Waals surface area contributed by atoms with E-state index in [0.717, 1.165) is 11.1 Å². The van der Waals surface area contributed by atoms with Crippen LogP contribution in [0, 0.1) is 6.92 Å². The van der Waals surface area contributed by atoms with Crippen LogP contribution >= 0.6 is 11.8 Å². The maximum atomic E-state index is 12.9. The fourth-order valence-electron chi connectivity index (χ4n) is 3.40. The average molecular weight is 407 g/mol. The Balaban J connectivity index is 1.64. The van der Waals surface area contributed by atoms with Gasteiger partial charge in [0.15, 0.2) is 5.16 Å². The number of carbonyl (C=O) groups excluding carboxylic acids is 1. The van der Waals surface area contributed by atoms with Gasteiger partial charge in [-0.2, -0.15) is 0 Å². The van der Waals surface area contributed by atoms with E-state index in [1.807, 2.05) is 31.2 Å². The number of thioether (sulfide) groups is 1. The first-order chi connectivity index (χ1) is 14.0. The molecular weight excluding hydrogens is 386 g/mol. The summed E-state index contributed by atoms with van der Waals surface area (Å²) in [6.45, 7) is 2.04. The molecule has 1 atom stereocenters. The summed E-state index contributed by atoms with van der Waals surface area (Å²) in [7, 11) is 1.59. The van der Waals surface area contributed by atoms with Gasteiger partial charge in [0.1, 0.15) is 11.6 Å². The Bertz CT molecular complexity index is 1110. The highest BCUT2D eigenvalue weighted by atomic mass is 32.2. The fourth-order valence-corrected chi connectivity index (χ4v) is 4.21. The zero-order chi connectivity index (χ0) is 20.4. The molecular formula is C22H21N3O3S. The third-order valence-electron chi connectivity index (χ3n) is 4.92. The number of anilines is 1. The highest BCUT2D eigenvalue weighted by Crippen LogP contribution is 2.35. The number of aromatic amines is 1. The minimum Gasteiger partial charge on any atom is -0.497 e. The summed E-state index contributed by atoms with van der Waals surface area (Å²) >= 11 is 1.43. The van der Waals surface area contributed by atoms with Crippen LogP contribution in [0.5, 0.6) is 5.75 Å². The summed E-state index contributed by atoms with van der Waals surface area (Å²) in [4.78, 5) is 32.6. The van der Waals surface area contributed by atoms with E-state index in [9.17, 15) is 9.59 Å². The number of benzene rings is 2. The Morgan fingerprint density at radius 2 is 1.97 bits per heavy atom. The number of aryl methyl sites for hydroxylation is 1. The van der Waals surface area contributed by atoms with Gasteiger partial charge in [0, 0.05) is 18.1 Å². The molecule has 1 aromatic heterocycles. The number of ether oxygens (including phenoxy) is 1. The molecule has 0 fully saturated rings. The number of H-pyrrole nitrogens is 1. The number of fused-ring (bicyclic) bond motifs is 1. The smallest absolute Gasteiger partial charge is 0.257 e. The summed E-state index contributed by atoms with van der Waals surface area (Å²) < 4.78 is 5.29. The van der Waals surface area contributed by atoms with Gasteiger partial charge in [0.05, 0.1) is 12.7 Å². The van der Waals surface area contributed by atoms with Crippen molar-refractivity contribution in [2.75, 3.05) is 12.4 Å². The van der Waals surface area contributed by atoms with E-state index in [4.69, 9.17) is 4.74 Å². The summed E-state index contributed by atoms with van der Waals surface area (Å²) in [5.41, 5.74) is 3.45. The predicted octanol–water partition coefficient (Wildman–Crippen LogP) is 3.85. The van der Waals surface area contributed by atoms with Gasteiger partial charge in [-0.05, 0) is 30.2 Å². The van der Waals surface area contributed by atoms with Crippen molar-refractivity contribution in [1.82, 2.24) is 9.97 Å². The van der Waals surface area contributed by atoms with Gasteiger partial charge in [0.2, 0.25) is 5.91 Å². The van der Waals surface area contributed by atoms with Crippen molar-refractivity contribution in [3.8, 4) is 5.75 Å². The van der Waals surface area contributed by atoms with Crippen molar-refractivity contribution in [1.29, 1.82) is 0 Å². The van der Waals surface area contributed by atoms with Gasteiger partial charge >= 0.3 is 0 Å². The molecule has 1 amide bonds. The van der Waals surface area contributed by atoms with Crippen LogP contribution in [-0.2, 0) is 10.5 Å². The highest BCUT2D eigenvalue weighted by molar-refractivity contribution is 7.98. The molecule has 7 heteroatoms. The van der Waals surface area contributed by atoms with Gasteiger partial charge in [0.25, 0.3) is 5.56 Å². The molecule has 2 N–H and O–H groups in total. The number of aromatic nitrogens is 2. The molecule has 0 bridgehead atoms. The number of rotatable bonds is 5. The zero-order valence-electron chi connectivity index (χ0n) is 16.2. The Morgan fingerprint density at radius 1 is 1.17 bits per heavy atom. The number of methoxy groups -OCH3 is 1. The van der Waals surface area contributed by atoms with Crippen molar-refractivity contribution in [2.45, 2.75) is 30.2 Å². The van der Waals surface area contributed by atoms with Crippen LogP contribution in [0.15, 0.2) is 58.5 Å². The second kappa shape index (κ2) is 8.13. The maximum Gasteiger partial charge on any atom is 0.257 e. The predicted molar refractivity (Wildman–Crippen MR) is 114 cm³/mol. The minimum absolute atomic E-state index is 0.155.